The summed E-state index contributed by atoms with van der Waals surface area (Å²) in [5.74, 6) is 8.14. The van der Waals surface area contributed by atoms with E-state index in [2.05, 4.69) is 35.8 Å². The van der Waals surface area contributed by atoms with Gasteiger partial charge in [0.25, 0.3) is 0 Å². The molecule has 1 aliphatic heterocycles. The molecule has 124 valence electrons. The summed E-state index contributed by atoms with van der Waals surface area (Å²) in [4.78, 5) is 2.41. The van der Waals surface area contributed by atoms with E-state index in [9.17, 15) is 0 Å². The molecular weight excluding hydrogens is 298 g/mol. The van der Waals surface area contributed by atoms with Crippen molar-refractivity contribution >= 4 is 0 Å². The van der Waals surface area contributed by atoms with E-state index in [-0.39, 0.29) is 0 Å². The molecule has 2 aromatic carbocycles. The van der Waals surface area contributed by atoms with Crippen LogP contribution in [0.4, 0.5) is 0 Å². The van der Waals surface area contributed by atoms with Crippen molar-refractivity contribution in [1.29, 1.82) is 0 Å². The quantitative estimate of drug-likeness (QED) is 0.805. The van der Waals surface area contributed by atoms with E-state index in [0.29, 0.717) is 6.04 Å². The van der Waals surface area contributed by atoms with Crippen LogP contribution in [-0.2, 0) is 6.42 Å². The highest BCUT2D eigenvalue weighted by molar-refractivity contribution is 5.49. The standard InChI is InChI=1S/C21H23NO2/c1-16-19-15-21(24-3)20(23-2)14-18(19)11-13-22(16)12-7-10-17-8-5-4-6-9-17/h4-6,8-9,14-16H,11-13H2,1-3H3/t16-/m1/s1. The fraction of sp³-hybridized carbons (Fsp3) is 0.333. The number of methoxy groups -OCH3 is 2. The molecule has 0 fully saturated rings. The van der Waals surface area contributed by atoms with Gasteiger partial charge in [-0.25, -0.2) is 0 Å². The molecule has 0 radical (unpaired) electrons. The summed E-state index contributed by atoms with van der Waals surface area (Å²) in [5, 5.41) is 0. The Hall–Kier alpha value is -2.44. The van der Waals surface area contributed by atoms with Crippen LogP contribution in [0, 0.1) is 11.8 Å². The lowest BCUT2D eigenvalue weighted by Gasteiger charge is -2.34. The molecule has 0 aliphatic carbocycles. The Morgan fingerprint density at radius 2 is 1.79 bits per heavy atom. The topological polar surface area (TPSA) is 21.7 Å². The fourth-order valence-electron chi connectivity index (χ4n) is 3.18. The van der Waals surface area contributed by atoms with Gasteiger partial charge >= 0.3 is 0 Å². The second-order valence-corrected chi connectivity index (χ2v) is 5.97. The molecule has 0 unspecified atom stereocenters. The van der Waals surface area contributed by atoms with Crippen molar-refractivity contribution in [2.75, 3.05) is 27.3 Å². The Morgan fingerprint density at radius 3 is 2.50 bits per heavy atom. The summed E-state index contributed by atoms with van der Waals surface area (Å²) in [7, 11) is 3.36. The molecule has 3 nitrogen and oxygen atoms in total. The van der Waals surface area contributed by atoms with Crippen LogP contribution in [0.15, 0.2) is 42.5 Å². The van der Waals surface area contributed by atoms with Crippen LogP contribution >= 0.6 is 0 Å². The van der Waals surface area contributed by atoms with Crippen LogP contribution in [-0.4, -0.2) is 32.2 Å². The summed E-state index contributed by atoms with van der Waals surface area (Å²) in [6.07, 6.45) is 1.01. The molecule has 24 heavy (non-hydrogen) atoms. The summed E-state index contributed by atoms with van der Waals surface area (Å²) >= 11 is 0. The smallest absolute Gasteiger partial charge is 0.161 e. The molecule has 0 bridgehead atoms. The van der Waals surface area contributed by atoms with Crippen molar-refractivity contribution in [1.82, 2.24) is 4.90 Å². The number of benzene rings is 2. The summed E-state index contributed by atoms with van der Waals surface area (Å²) in [6, 6.07) is 14.7. The maximum atomic E-state index is 5.45. The van der Waals surface area contributed by atoms with E-state index in [1.165, 1.54) is 11.1 Å². The third kappa shape index (κ3) is 3.39. The molecule has 1 atom stereocenters. The van der Waals surface area contributed by atoms with Crippen LogP contribution in [0.1, 0.15) is 29.7 Å². The van der Waals surface area contributed by atoms with E-state index in [1.54, 1.807) is 14.2 Å². The average Bonchev–Trinajstić information content (AvgIpc) is 2.63. The van der Waals surface area contributed by atoms with Gasteiger partial charge in [0.15, 0.2) is 11.5 Å². The molecule has 0 spiro atoms. The minimum absolute atomic E-state index is 0.318. The minimum atomic E-state index is 0.318. The first-order chi connectivity index (χ1) is 11.7. The highest BCUT2D eigenvalue weighted by Gasteiger charge is 2.25. The molecule has 3 rings (SSSR count). The number of ether oxygens (including phenoxy) is 2. The second-order valence-electron chi connectivity index (χ2n) is 5.97. The van der Waals surface area contributed by atoms with Crippen molar-refractivity contribution in [2.45, 2.75) is 19.4 Å². The van der Waals surface area contributed by atoms with Gasteiger partial charge in [0.1, 0.15) is 0 Å². The number of fused-ring (bicyclic) bond motifs is 1. The molecule has 1 aliphatic rings. The predicted octanol–water partition coefficient (Wildman–Crippen LogP) is 3.67. The zero-order valence-corrected chi connectivity index (χ0v) is 14.5. The maximum absolute atomic E-state index is 5.45. The van der Waals surface area contributed by atoms with Gasteiger partial charge < -0.3 is 9.47 Å². The predicted molar refractivity (Wildman–Crippen MR) is 96.6 cm³/mol. The van der Waals surface area contributed by atoms with Crippen LogP contribution < -0.4 is 9.47 Å². The van der Waals surface area contributed by atoms with Crippen LogP contribution in [0.2, 0.25) is 0 Å². The lowest BCUT2D eigenvalue weighted by atomic mass is 9.93. The van der Waals surface area contributed by atoms with E-state index in [0.717, 1.165) is 36.6 Å². The van der Waals surface area contributed by atoms with E-state index < -0.39 is 0 Å². The summed E-state index contributed by atoms with van der Waals surface area (Å²) in [6.45, 7) is 4.01. The van der Waals surface area contributed by atoms with Crippen molar-refractivity contribution in [3.05, 3.63) is 59.2 Å². The highest BCUT2D eigenvalue weighted by atomic mass is 16.5. The van der Waals surface area contributed by atoms with Gasteiger partial charge in [-0.3, -0.25) is 4.90 Å². The fourth-order valence-corrected chi connectivity index (χ4v) is 3.18. The lowest BCUT2D eigenvalue weighted by Crippen LogP contribution is -2.34. The molecular formula is C21H23NO2. The molecule has 0 N–H and O–H groups in total. The number of rotatable bonds is 3. The Bertz CT molecular complexity index is 759. The van der Waals surface area contributed by atoms with Crippen LogP contribution in [0.25, 0.3) is 0 Å². The molecule has 0 saturated carbocycles. The molecule has 1 heterocycles. The Morgan fingerprint density at radius 1 is 1.08 bits per heavy atom. The van der Waals surface area contributed by atoms with Gasteiger partial charge in [-0.05, 0) is 48.7 Å². The monoisotopic (exact) mass is 321 g/mol. The van der Waals surface area contributed by atoms with Crippen LogP contribution in [0.3, 0.4) is 0 Å². The minimum Gasteiger partial charge on any atom is -0.493 e. The highest BCUT2D eigenvalue weighted by Crippen LogP contribution is 2.37. The van der Waals surface area contributed by atoms with Crippen molar-refractivity contribution in [3.63, 3.8) is 0 Å². The van der Waals surface area contributed by atoms with Crippen LogP contribution in [0.5, 0.6) is 11.5 Å². The first-order valence-electron chi connectivity index (χ1n) is 8.25. The largest absolute Gasteiger partial charge is 0.493 e. The number of hydrogen-bond acceptors (Lipinski definition) is 3. The van der Waals surface area contributed by atoms with Gasteiger partial charge in [0.2, 0.25) is 0 Å². The Balaban J connectivity index is 1.77. The Kier molecular flexibility index (Phi) is 5.08. The first-order valence-corrected chi connectivity index (χ1v) is 8.25. The zero-order valence-electron chi connectivity index (χ0n) is 14.5. The van der Waals surface area contributed by atoms with Gasteiger partial charge in [0, 0.05) is 18.2 Å². The van der Waals surface area contributed by atoms with Crippen molar-refractivity contribution in [3.8, 4) is 23.3 Å². The maximum Gasteiger partial charge on any atom is 0.161 e. The average molecular weight is 321 g/mol. The molecule has 0 amide bonds. The molecule has 2 aromatic rings. The van der Waals surface area contributed by atoms with Gasteiger partial charge in [0.05, 0.1) is 20.8 Å². The second kappa shape index (κ2) is 7.42. The first kappa shape index (κ1) is 16.4. The van der Waals surface area contributed by atoms with Gasteiger partial charge in [-0.1, -0.05) is 30.0 Å². The van der Waals surface area contributed by atoms with E-state index >= 15 is 0 Å². The lowest BCUT2D eigenvalue weighted by molar-refractivity contribution is 0.223. The Labute approximate surface area is 144 Å². The van der Waals surface area contributed by atoms with E-state index in [1.807, 2.05) is 30.3 Å². The van der Waals surface area contributed by atoms with Gasteiger partial charge in [-0.15, -0.1) is 0 Å². The normalized spacial score (nSPS) is 16.7. The van der Waals surface area contributed by atoms with E-state index in [4.69, 9.17) is 9.47 Å². The molecule has 0 aromatic heterocycles. The van der Waals surface area contributed by atoms with Crippen molar-refractivity contribution in [2.24, 2.45) is 0 Å². The summed E-state index contributed by atoms with van der Waals surface area (Å²) < 4.78 is 10.9. The summed E-state index contributed by atoms with van der Waals surface area (Å²) in [5.41, 5.74) is 3.71. The third-order valence-electron chi connectivity index (χ3n) is 4.60. The zero-order chi connectivity index (χ0) is 16.9. The molecule has 3 heteroatoms. The molecule has 0 saturated heterocycles. The third-order valence-corrected chi connectivity index (χ3v) is 4.60. The van der Waals surface area contributed by atoms with Crippen molar-refractivity contribution < 1.29 is 9.47 Å². The SMILES string of the molecule is COc1cc2c(cc1OC)[C@@H](C)N(CC#Cc1ccccc1)CC2. The number of nitrogens with zero attached hydrogens (tertiary/aromatic N) is 1. The van der Waals surface area contributed by atoms with Gasteiger partial charge in [-0.2, -0.15) is 0 Å². The number of hydrogen-bond donors (Lipinski definition) is 0.